The predicted molar refractivity (Wildman–Crippen MR) is 58.2 cm³/mol. The highest BCUT2D eigenvalue weighted by molar-refractivity contribution is 9.10. The van der Waals surface area contributed by atoms with E-state index in [1.54, 1.807) is 20.4 Å². The zero-order valence-electron chi connectivity index (χ0n) is 8.16. The van der Waals surface area contributed by atoms with Crippen LogP contribution in [0.1, 0.15) is 0 Å². The summed E-state index contributed by atoms with van der Waals surface area (Å²) in [6.07, 6.45) is 1.51. The van der Waals surface area contributed by atoms with E-state index in [-0.39, 0.29) is 6.29 Å². The van der Waals surface area contributed by atoms with Crippen molar-refractivity contribution in [2.45, 2.75) is 6.29 Å². The molecule has 0 aliphatic heterocycles. The third-order valence-electron chi connectivity index (χ3n) is 1.73. The summed E-state index contributed by atoms with van der Waals surface area (Å²) in [6, 6.07) is 3.80. The first-order valence-electron chi connectivity index (χ1n) is 4.17. The van der Waals surface area contributed by atoms with Crippen LogP contribution in [0.2, 0.25) is 0 Å². The zero-order chi connectivity index (χ0) is 10.4. The Bertz CT molecular complexity index is 262. The first-order chi connectivity index (χ1) is 6.76. The van der Waals surface area contributed by atoms with Crippen LogP contribution in [0.5, 0.6) is 0 Å². The minimum atomic E-state index is -0.237. The fourth-order valence-electron chi connectivity index (χ4n) is 0.944. The number of nitrogens with zero attached hydrogens (tertiary/aromatic N) is 1. The van der Waals surface area contributed by atoms with Gasteiger partial charge < -0.3 is 14.8 Å². The molecule has 1 aromatic heterocycles. The van der Waals surface area contributed by atoms with Gasteiger partial charge in [0.2, 0.25) is 0 Å². The van der Waals surface area contributed by atoms with Crippen LogP contribution in [0.25, 0.3) is 0 Å². The number of halogens is 1. The first-order valence-corrected chi connectivity index (χ1v) is 4.96. The van der Waals surface area contributed by atoms with Crippen molar-refractivity contribution in [1.82, 2.24) is 4.98 Å². The molecule has 5 heteroatoms. The third kappa shape index (κ3) is 3.61. The van der Waals surface area contributed by atoms with E-state index in [4.69, 9.17) is 9.47 Å². The van der Waals surface area contributed by atoms with Crippen molar-refractivity contribution >= 4 is 21.6 Å². The van der Waals surface area contributed by atoms with Crippen molar-refractivity contribution in [3.63, 3.8) is 0 Å². The van der Waals surface area contributed by atoms with Gasteiger partial charge in [0.1, 0.15) is 4.60 Å². The maximum Gasteiger partial charge on any atom is 0.173 e. The van der Waals surface area contributed by atoms with Gasteiger partial charge in [0.25, 0.3) is 0 Å². The van der Waals surface area contributed by atoms with Crippen molar-refractivity contribution in [3.8, 4) is 0 Å². The number of methoxy groups -OCH3 is 2. The standard InChI is InChI=1S/C9H13BrN2O2/c1-13-9(14-2)6-11-7-3-4-8(10)12-5-7/h3-5,9,11H,6H2,1-2H3. The van der Waals surface area contributed by atoms with Gasteiger partial charge in [-0.2, -0.15) is 0 Å². The molecule has 4 nitrogen and oxygen atoms in total. The molecule has 0 amide bonds. The molecule has 0 aliphatic rings. The molecule has 1 aromatic rings. The molecule has 0 atom stereocenters. The Labute approximate surface area is 91.8 Å². The summed E-state index contributed by atoms with van der Waals surface area (Å²) < 4.78 is 10.9. The lowest BCUT2D eigenvalue weighted by atomic mass is 10.4. The maximum atomic E-state index is 5.03. The molecule has 0 radical (unpaired) electrons. The highest BCUT2D eigenvalue weighted by atomic mass is 79.9. The summed E-state index contributed by atoms with van der Waals surface area (Å²) in [5.41, 5.74) is 0.937. The molecule has 0 spiro atoms. The molecule has 78 valence electrons. The van der Waals surface area contributed by atoms with E-state index < -0.39 is 0 Å². The van der Waals surface area contributed by atoms with Gasteiger partial charge in [0.15, 0.2) is 6.29 Å². The molecular weight excluding hydrogens is 248 g/mol. The normalized spacial score (nSPS) is 10.6. The Balaban J connectivity index is 2.41. The molecule has 0 unspecified atom stereocenters. The largest absolute Gasteiger partial charge is 0.379 e. The summed E-state index contributed by atoms with van der Waals surface area (Å²) in [4.78, 5) is 4.08. The topological polar surface area (TPSA) is 43.4 Å². The van der Waals surface area contributed by atoms with E-state index in [1.807, 2.05) is 12.1 Å². The number of nitrogens with one attached hydrogen (secondary N) is 1. The molecule has 0 bridgehead atoms. The average molecular weight is 261 g/mol. The molecule has 1 rings (SSSR count). The highest BCUT2D eigenvalue weighted by Gasteiger charge is 2.03. The predicted octanol–water partition coefficient (Wildman–Crippen LogP) is 1.87. The number of ether oxygens (including phenoxy) is 2. The van der Waals surface area contributed by atoms with Crippen molar-refractivity contribution in [2.24, 2.45) is 0 Å². The van der Waals surface area contributed by atoms with E-state index in [0.717, 1.165) is 10.3 Å². The Morgan fingerprint density at radius 1 is 1.43 bits per heavy atom. The summed E-state index contributed by atoms with van der Waals surface area (Å²) in [7, 11) is 3.21. The monoisotopic (exact) mass is 260 g/mol. The summed E-state index contributed by atoms with van der Waals surface area (Å²) in [5.74, 6) is 0. The van der Waals surface area contributed by atoms with Gasteiger partial charge in [-0.1, -0.05) is 0 Å². The van der Waals surface area contributed by atoms with Crippen molar-refractivity contribution in [1.29, 1.82) is 0 Å². The van der Waals surface area contributed by atoms with E-state index in [1.165, 1.54) is 0 Å². The minimum absolute atomic E-state index is 0.237. The van der Waals surface area contributed by atoms with Crippen LogP contribution >= 0.6 is 15.9 Å². The lowest BCUT2D eigenvalue weighted by Gasteiger charge is -2.14. The molecule has 1 heterocycles. The fourth-order valence-corrected chi connectivity index (χ4v) is 1.18. The van der Waals surface area contributed by atoms with Crippen molar-refractivity contribution < 1.29 is 9.47 Å². The second-order valence-electron chi connectivity index (χ2n) is 2.65. The van der Waals surface area contributed by atoms with Gasteiger partial charge in [0.05, 0.1) is 18.4 Å². The third-order valence-corrected chi connectivity index (χ3v) is 2.20. The smallest absolute Gasteiger partial charge is 0.173 e. The van der Waals surface area contributed by atoms with E-state index in [9.17, 15) is 0 Å². The SMILES string of the molecule is COC(CNc1ccc(Br)nc1)OC. The summed E-state index contributed by atoms with van der Waals surface area (Å²) in [5, 5.41) is 3.14. The number of rotatable bonds is 5. The van der Waals surface area contributed by atoms with Gasteiger partial charge >= 0.3 is 0 Å². The number of anilines is 1. The Morgan fingerprint density at radius 3 is 2.64 bits per heavy atom. The molecular formula is C9H13BrN2O2. The van der Waals surface area contributed by atoms with Crippen LogP contribution in [0.4, 0.5) is 5.69 Å². The molecule has 0 saturated carbocycles. The zero-order valence-corrected chi connectivity index (χ0v) is 9.74. The fraction of sp³-hybridized carbons (Fsp3) is 0.444. The number of pyridine rings is 1. The van der Waals surface area contributed by atoms with Gasteiger partial charge in [-0.3, -0.25) is 0 Å². The quantitative estimate of drug-likeness (QED) is 0.649. The lowest BCUT2D eigenvalue weighted by Crippen LogP contribution is -2.23. The van der Waals surface area contributed by atoms with E-state index in [0.29, 0.717) is 6.54 Å². The molecule has 1 N–H and O–H groups in total. The van der Waals surface area contributed by atoms with Crippen LogP contribution in [-0.2, 0) is 9.47 Å². The van der Waals surface area contributed by atoms with E-state index >= 15 is 0 Å². The Kier molecular flexibility index (Phi) is 4.86. The van der Waals surface area contributed by atoms with Crippen LogP contribution in [0.3, 0.4) is 0 Å². The van der Waals surface area contributed by atoms with Gasteiger partial charge in [-0.25, -0.2) is 4.98 Å². The molecule has 0 saturated heterocycles. The molecule has 0 aromatic carbocycles. The number of aromatic nitrogens is 1. The number of hydrogen-bond acceptors (Lipinski definition) is 4. The van der Waals surface area contributed by atoms with Gasteiger partial charge in [-0.05, 0) is 28.1 Å². The van der Waals surface area contributed by atoms with Crippen LogP contribution in [-0.4, -0.2) is 32.0 Å². The second-order valence-corrected chi connectivity index (χ2v) is 3.46. The Hall–Kier alpha value is -0.650. The Morgan fingerprint density at radius 2 is 2.14 bits per heavy atom. The lowest BCUT2D eigenvalue weighted by molar-refractivity contribution is -0.0914. The average Bonchev–Trinajstić information content (AvgIpc) is 2.22. The summed E-state index contributed by atoms with van der Waals surface area (Å²) >= 11 is 3.26. The van der Waals surface area contributed by atoms with Gasteiger partial charge in [-0.15, -0.1) is 0 Å². The molecule has 0 aliphatic carbocycles. The van der Waals surface area contributed by atoms with Crippen LogP contribution in [0.15, 0.2) is 22.9 Å². The van der Waals surface area contributed by atoms with E-state index in [2.05, 4.69) is 26.2 Å². The van der Waals surface area contributed by atoms with Crippen molar-refractivity contribution in [3.05, 3.63) is 22.9 Å². The number of hydrogen-bond donors (Lipinski definition) is 1. The summed E-state index contributed by atoms with van der Waals surface area (Å²) in [6.45, 7) is 0.594. The maximum absolute atomic E-state index is 5.03. The van der Waals surface area contributed by atoms with Crippen LogP contribution < -0.4 is 5.32 Å². The van der Waals surface area contributed by atoms with Crippen molar-refractivity contribution in [2.75, 3.05) is 26.1 Å². The minimum Gasteiger partial charge on any atom is -0.379 e. The second kappa shape index (κ2) is 5.95. The highest BCUT2D eigenvalue weighted by Crippen LogP contribution is 2.10. The molecule has 14 heavy (non-hydrogen) atoms. The van der Waals surface area contributed by atoms with Crippen LogP contribution in [0, 0.1) is 0 Å². The van der Waals surface area contributed by atoms with Gasteiger partial charge in [0, 0.05) is 14.2 Å². The molecule has 0 fully saturated rings. The first kappa shape index (κ1) is 11.4.